The summed E-state index contributed by atoms with van der Waals surface area (Å²) in [5, 5.41) is 8.51. The number of hydrogen-bond donors (Lipinski definition) is 1. The number of nitrogens with zero attached hydrogens (tertiary/aromatic N) is 6. The number of carbonyl (C=O) groups is 1. The number of aryl methyl sites for hydroxylation is 2. The Kier molecular flexibility index (Phi) is 6.76. The maximum absolute atomic E-state index is 13.5. The van der Waals surface area contributed by atoms with Gasteiger partial charge < -0.3 is 15.1 Å². The molecule has 0 saturated carbocycles. The second kappa shape index (κ2) is 9.72. The van der Waals surface area contributed by atoms with E-state index in [1.54, 1.807) is 16.8 Å². The van der Waals surface area contributed by atoms with Crippen molar-refractivity contribution < 1.29 is 9.18 Å². The van der Waals surface area contributed by atoms with Gasteiger partial charge in [0.1, 0.15) is 17.5 Å². The first-order valence-corrected chi connectivity index (χ1v) is 11.7. The molecule has 0 unspecified atom stereocenters. The largest absolute Gasteiger partial charge is 0.352 e. The highest BCUT2D eigenvalue weighted by Crippen LogP contribution is 2.30. The van der Waals surface area contributed by atoms with Crippen LogP contribution in [0.15, 0.2) is 24.3 Å². The van der Waals surface area contributed by atoms with Crippen molar-refractivity contribution in [2.24, 2.45) is 5.92 Å². The second-order valence-corrected chi connectivity index (χ2v) is 8.88. The summed E-state index contributed by atoms with van der Waals surface area (Å²) < 4.78 is 15.3. The smallest absolute Gasteiger partial charge is 0.317 e. The van der Waals surface area contributed by atoms with E-state index < -0.39 is 0 Å². The third-order valence-electron chi connectivity index (χ3n) is 5.94. The Labute approximate surface area is 193 Å². The van der Waals surface area contributed by atoms with Crippen molar-refractivity contribution >= 4 is 22.9 Å². The zero-order valence-corrected chi connectivity index (χ0v) is 19.8. The molecular weight excluding hydrogens is 421 g/mol. The average Bonchev–Trinajstić information content (AvgIpc) is 3.14. The van der Waals surface area contributed by atoms with Crippen molar-refractivity contribution in [3.8, 4) is 5.69 Å². The number of carbonyl (C=O) groups excluding carboxylic acids is 1. The number of aromatic nitrogens is 4. The number of rotatable bonds is 6. The van der Waals surface area contributed by atoms with E-state index in [-0.39, 0.29) is 11.8 Å². The molecule has 2 aromatic heterocycles. The first kappa shape index (κ1) is 22.9. The molecule has 4 rings (SSSR count). The van der Waals surface area contributed by atoms with E-state index >= 15 is 0 Å². The van der Waals surface area contributed by atoms with Crippen molar-refractivity contribution in [1.29, 1.82) is 0 Å². The number of fused-ring (bicyclic) bond motifs is 1. The molecule has 1 N–H and O–H groups in total. The maximum Gasteiger partial charge on any atom is 0.317 e. The minimum Gasteiger partial charge on any atom is -0.352 e. The van der Waals surface area contributed by atoms with Crippen molar-refractivity contribution in [3.63, 3.8) is 0 Å². The van der Waals surface area contributed by atoms with Crippen LogP contribution in [0.3, 0.4) is 0 Å². The van der Waals surface area contributed by atoms with Gasteiger partial charge in [0.2, 0.25) is 0 Å². The maximum atomic E-state index is 13.5. The normalized spacial score (nSPS) is 14.4. The molecule has 1 fully saturated rings. The fourth-order valence-corrected chi connectivity index (χ4v) is 4.11. The minimum atomic E-state index is -0.287. The third-order valence-corrected chi connectivity index (χ3v) is 5.94. The van der Waals surface area contributed by atoms with E-state index in [2.05, 4.69) is 24.1 Å². The molecule has 1 saturated heterocycles. The lowest BCUT2D eigenvalue weighted by Gasteiger charge is -2.35. The van der Waals surface area contributed by atoms with Crippen LogP contribution in [0.25, 0.3) is 16.7 Å². The number of benzene rings is 1. The van der Waals surface area contributed by atoms with Crippen LogP contribution in [0.4, 0.5) is 15.0 Å². The third kappa shape index (κ3) is 4.91. The van der Waals surface area contributed by atoms with Crippen LogP contribution < -0.4 is 10.2 Å². The van der Waals surface area contributed by atoms with Crippen molar-refractivity contribution in [2.75, 3.05) is 37.6 Å². The van der Waals surface area contributed by atoms with Crippen molar-refractivity contribution in [1.82, 2.24) is 30.0 Å². The Morgan fingerprint density at radius 3 is 2.45 bits per heavy atom. The number of nitrogens with one attached hydrogen (secondary N) is 1. The number of anilines is 1. The summed E-state index contributed by atoms with van der Waals surface area (Å²) in [5.41, 5.74) is 2.31. The van der Waals surface area contributed by atoms with Crippen molar-refractivity contribution in [2.45, 2.75) is 40.5 Å². The highest BCUT2D eigenvalue weighted by molar-refractivity contribution is 5.91. The lowest BCUT2D eigenvalue weighted by molar-refractivity contribution is 0.195. The van der Waals surface area contributed by atoms with Crippen molar-refractivity contribution in [3.05, 3.63) is 41.6 Å². The molecule has 0 bridgehead atoms. The monoisotopic (exact) mass is 453 g/mol. The number of halogens is 1. The van der Waals surface area contributed by atoms with Crippen LogP contribution in [-0.4, -0.2) is 63.4 Å². The highest BCUT2D eigenvalue weighted by Gasteiger charge is 2.26. The summed E-state index contributed by atoms with van der Waals surface area (Å²) in [6, 6.07) is 6.26. The predicted molar refractivity (Wildman–Crippen MR) is 127 cm³/mol. The molecule has 3 aromatic rings. The van der Waals surface area contributed by atoms with Gasteiger partial charge in [0, 0.05) is 39.1 Å². The molecule has 3 heterocycles. The Morgan fingerprint density at radius 2 is 1.82 bits per heavy atom. The van der Waals surface area contributed by atoms with Gasteiger partial charge in [0.25, 0.3) is 0 Å². The molecule has 9 heteroatoms. The molecule has 8 nitrogen and oxygen atoms in total. The van der Waals surface area contributed by atoms with Crippen LogP contribution in [-0.2, 0) is 6.42 Å². The number of piperazine rings is 1. The quantitative estimate of drug-likeness (QED) is 0.616. The number of amides is 2. The molecule has 0 radical (unpaired) electrons. The molecule has 1 aliphatic heterocycles. The van der Waals surface area contributed by atoms with E-state index in [0.717, 1.165) is 46.9 Å². The van der Waals surface area contributed by atoms with Crippen LogP contribution in [0.1, 0.15) is 38.7 Å². The zero-order chi connectivity index (χ0) is 23.5. The van der Waals surface area contributed by atoms with Gasteiger partial charge in [-0.3, -0.25) is 0 Å². The number of hydrogen-bond acceptors (Lipinski definition) is 5. The standard InChI is InChI=1S/C24H32FN7O/c1-5-26-24(33)31-14-12-30(13-15-31)22-21-17(4)29-32(19-9-7-18(25)8-10-19)23(21)28-20(27-22)11-6-16(2)3/h7-10,16H,5-6,11-15H2,1-4H3,(H,26,33). The summed E-state index contributed by atoms with van der Waals surface area (Å²) in [7, 11) is 0. The highest BCUT2D eigenvalue weighted by atomic mass is 19.1. The van der Waals surface area contributed by atoms with Gasteiger partial charge in [0.15, 0.2) is 5.65 Å². The Balaban J connectivity index is 1.73. The fraction of sp³-hybridized carbons (Fsp3) is 0.500. The average molecular weight is 454 g/mol. The Morgan fingerprint density at radius 1 is 1.12 bits per heavy atom. The topological polar surface area (TPSA) is 79.2 Å². The summed E-state index contributed by atoms with van der Waals surface area (Å²) >= 11 is 0. The van der Waals surface area contributed by atoms with Crippen LogP contribution >= 0.6 is 0 Å². The van der Waals surface area contributed by atoms with Crippen LogP contribution in [0.5, 0.6) is 0 Å². The van der Waals surface area contributed by atoms with Gasteiger partial charge in [-0.25, -0.2) is 23.8 Å². The van der Waals surface area contributed by atoms with Gasteiger partial charge in [-0.2, -0.15) is 5.10 Å². The minimum absolute atomic E-state index is 0.0251. The molecule has 33 heavy (non-hydrogen) atoms. The summed E-state index contributed by atoms with van der Waals surface area (Å²) in [6.07, 6.45) is 1.76. The second-order valence-electron chi connectivity index (χ2n) is 8.88. The van der Waals surface area contributed by atoms with Gasteiger partial charge in [-0.15, -0.1) is 0 Å². The van der Waals surface area contributed by atoms with E-state index in [1.807, 2.05) is 18.7 Å². The molecule has 2 amide bonds. The molecule has 1 aromatic carbocycles. The summed E-state index contributed by atoms with van der Waals surface area (Å²) in [4.78, 5) is 26.1. The molecule has 0 spiro atoms. The van der Waals surface area contributed by atoms with E-state index in [1.165, 1.54) is 12.1 Å². The summed E-state index contributed by atoms with van der Waals surface area (Å²) in [6.45, 7) is 11.5. The molecule has 1 aliphatic rings. The predicted octanol–water partition coefficient (Wildman–Crippen LogP) is 3.70. The van der Waals surface area contributed by atoms with E-state index in [0.29, 0.717) is 38.6 Å². The number of urea groups is 1. The molecular formula is C24H32FN7O. The van der Waals surface area contributed by atoms with E-state index in [9.17, 15) is 9.18 Å². The van der Waals surface area contributed by atoms with E-state index in [4.69, 9.17) is 15.1 Å². The summed E-state index contributed by atoms with van der Waals surface area (Å²) in [5.74, 6) is 1.89. The van der Waals surface area contributed by atoms with Gasteiger partial charge in [-0.1, -0.05) is 13.8 Å². The first-order chi connectivity index (χ1) is 15.9. The fourth-order valence-electron chi connectivity index (χ4n) is 4.11. The van der Waals surface area contributed by atoms with Crippen LogP contribution in [0.2, 0.25) is 0 Å². The first-order valence-electron chi connectivity index (χ1n) is 11.7. The van der Waals surface area contributed by atoms with Crippen LogP contribution in [0, 0.1) is 18.7 Å². The van der Waals surface area contributed by atoms with Gasteiger partial charge in [0.05, 0.1) is 16.8 Å². The van der Waals surface area contributed by atoms with Gasteiger partial charge in [-0.05, 0) is 50.5 Å². The molecule has 0 aliphatic carbocycles. The molecule has 176 valence electrons. The molecule has 0 atom stereocenters. The van der Waals surface area contributed by atoms with Gasteiger partial charge >= 0.3 is 6.03 Å². The lowest BCUT2D eigenvalue weighted by Crippen LogP contribution is -2.52. The lowest BCUT2D eigenvalue weighted by atomic mass is 10.1. The SMILES string of the molecule is CCNC(=O)N1CCN(c2nc(CCC(C)C)nc3c2c(C)nn3-c2ccc(F)cc2)CC1. The Hall–Kier alpha value is -3.23. The zero-order valence-electron chi connectivity index (χ0n) is 19.8. The Bertz CT molecular complexity index is 1120.